The Kier molecular flexibility index (Phi) is 3.44. The molecule has 0 aliphatic rings. The molecule has 1 heterocycles. The minimum absolute atomic E-state index is 0.529. The SMILES string of the molecule is CNC(C)Cc1csc2ccc(Br)cc12. The standard InChI is InChI=1S/C12H14BrNS/c1-8(14-2)5-9-7-15-12-4-3-10(13)6-11(9)12/h3-4,6-8,14H,5H2,1-2H3. The summed E-state index contributed by atoms with van der Waals surface area (Å²) in [6, 6.07) is 7.02. The predicted octanol–water partition coefficient (Wildman–Crippen LogP) is 3.81. The lowest BCUT2D eigenvalue weighted by Crippen LogP contribution is -2.23. The van der Waals surface area contributed by atoms with E-state index in [0.29, 0.717) is 6.04 Å². The van der Waals surface area contributed by atoms with Gasteiger partial charge in [-0.1, -0.05) is 15.9 Å². The van der Waals surface area contributed by atoms with Crippen LogP contribution in [0.3, 0.4) is 0 Å². The third-order valence-corrected chi connectivity index (χ3v) is 4.14. The van der Waals surface area contributed by atoms with Gasteiger partial charge in [-0.2, -0.15) is 0 Å². The number of benzene rings is 1. The van der Waals surface area contributed by atoms with Gasteiger partial charge in [0, 0.05) is 15.2 Å². The van der Waals surface area contributed by atoms with Crippen molar-refractivity contribution in [3.8, 4) is 0 Å². The first-order valence-corrected chi connectivity index (χ1v) is 6.71. The number of fused-ring (bicyclic) bond motifs is 1. The average molecular weight is 284 g/mol. The van der Waals surface area contributed by atoms with Crippen LogP contribution in [-0.2, 0) is 6.42 Å². The Bertz CT molecular complexity index is 464. The first-order chi connectivity index (χ1) is 7.20. The lowest BCUT2D eigenvalue weighted by atomic mass is 10.1. The largest absolute Gasteiger partial charge is 0.317 e. The molecule has 1 nitrogen and oxygen atoms in total. The van der Waals surface area contributed by atoms with Gasteiger partial charge in [0.25, 0.3) is 0 Å². The summed E-state index contributed by atoms with van der Waals surface area (Å²) in [6.45, 7) is 2.21. The molecule has 0 aliphatic heterocycles. The van der Waals surface area contributed by atoms with E-state index in [9.17, 15) is 0 Å². The van der Waals surface area contributed by atoms with Gasteiger partial charge in [0.15, 0.2) is 0 Å². The summed E-state index contributed by atoms with van der Waals surface area (Å²) < 4.78 is 2.53. The zero-order valence-corrected chi connectivity index (χ0v) is 11.3. The zero-order chi connectivity index (χ0) is 10.8. The van der Waals surface area contributed by atoms with Gasteiger partial charge in [-0.15, -0.1) is 11.3 Å². The maximum Gasteiger partial charge on any atom is 0.0346 e. The highest BCUT2D eigenvalue weighted by atomic mass is 79.9. The Morgan fingerprint density at radius 1 is 1.47 bits per heavy atom. The lowest BCUT2D eigenvalue weighted by Gasteiger charge is -2.08. The number of likely N-dealkylation sites (N-methyl/N-ethyl adjacent to an activating group) is 1. The van der Waals surface area contributed by atoms with Crippen molar-refractivity contribution in [2.24, 2.45) is 0 Å². The molecule has 2 aromatic rings. The molecule has 15 heavy (non-hydrogen) atoms. The summed E-state index contributed by atoms with van der Waals surface area (Å²) in [6.07, 6.45) is 1.09. The number of thiophene rings is 1. The summed E-state index contributed by atoms with van der Waals surface area (Å²) >= 11 is 5.35. The molecule has 0 fully saturated rings. The first kappa shape index (κ1) is 11.1. The van der Waals surface area contributed by atoms with Crippen molar-refractivity contribution < 1.29 is 0 Å². The van der Waals surface area contributed by atoms with Gasteiger partial charge in [0.2, 0.25) is 0 Å². The van der Waals surface area contributed by atoms with Crippen molar-refractivity contribution in [2.45, 2.75) is 19.4 Å². The van der Waals surface area contributed by atoms with Gasteiger partial charge in [0.1, 0.15) is 0 Å². The van der Waals surface area contributed by atoms with Gasteiger partial charge < -0.3 is 5.32 Å². The van der Waals surface area contributed by atoms with E-state index in [-0.39, 0.29) is 0 Å². The Labute approximate surface area is 103 Å². The van der Waals surface area contributed by atoms with Crippen molar-refractivity contribution in [3.63, 3.8) is 0 Å². The van der Waals surface area contributed by atoms with Crippen LogP contribution in [0.5, 0.6) is 0 Å². The predicted molar refractivity (Wildman–Crippen MR) is 71.8 cm³/mol. The maximum atomic E-state index is 3.52. The van der Waals surface area contributed by atoms with E-state index in [2.05, 4.69) is 51.7 Å². The molecule has 1 N–H and O–H groups in total. The number of halogens is 1. The van der Waals surface area contributed by atoms with Crippen LogP contribution in [0.4, 0.5) is 0 Å². The van der Waals surface area contributed by atoms with Gasteiger partial charge in [-0.05, 0) is 54.9 Å². The summed E-state index contributed by atoms with van der Waals surface area (Å²) in [5.41, 5.74) is 1.44. The summed E-state index contributed by atoms with van der Waals surface area (Å²) in [4.78, 5) is 0. The normalized spacial score (nSPS) is 13.3. The number of nitrogens with one attached hydrogen (secondary N) is 1. The quantitative estimate of drug-likeness (QED) is 0.903. The van der Waals surface area contributed by atoms with Gasteiger partial charge in [-0.3, -0.25) is 0 Å². The minimum atomic E-state index is 0.529. The molecule has 1 aromatic carbocycles. The molecule has 0 amide bonds. The Morgan fingerprint density at radius 3 is 3.00 bits per heavy atom. The van der Waals surface area contributed by atoms with Crippen LogP contribution < -0.4 is 5.32 Å². The summed E-state index contributed by atoms with van der Waals surface area (Å²) in [7, 11) is 2.01. The molecular weight excluding hydrogens is 270 g/mol. The van der Waals surface area contributed by atoms with E-state index in [0.717, 1.165) is 10.9 Å². The van der Waals surface area contributed by atoms with Gasteiger partial charge in [-0.25, -0.2) is 0 Å². The monoisotopic (exact) mass is 283 g/mol. The fourth-order valence-corrected chi connectivity index (χ4v) is 2.96. The zero-order valence-electron chi connectivity index (χ0n) is 8.88. The molecule has 0 radical (unpaired) electrons. The molecule has 3 heteroatoms. The second-order valence-electron chi connectivity index (χ2n) is 3.80. The molecule has 1 unspecified atom stereocenters. The molecular formula is C12H14BrNS. The van der Waals surface area contributed by atoms with E-state index in [1.165, 1.54) is 15.6 Å². The molecule has 0 spiro atoms. The smallest absolute Gasteiger partial charge is 0.0346 e. The van der Waals surface area contributed by atoms with E-state index >= 15 is 0 Å². The second-order valence-corrected chi connectivity index (χ2v) is 5.62. The molecule has 0 saturated carbocycles. The number of rotatable bonds is 3. The van der Waals surface area contributed by atoms with Crippen LogP contribution in [0.2, 0.25) is 0 Å². The minimum Gasteiger partial charge on any atom is -0.317 e. The van der Waals surface area contributed by atoms with E-state index in [1.54, 1.807) is 0 Å². The second kappa shape index (κ2) is 4.64. The fourth-order valence-electron chi connectivity index (χ4n) is 1.64. The number of hydrogen-bond acceptors (Lipinski definition) is 2. The van der Waals surface area contributed by atoms with Crippen molar-refractivity contribution >= 4 is 37.4 Å². The molecule has 0 saturated heterocycles. The van der Waals surface area contributed by atoms with Gasteiger partial charge >= 0.3 is 0 Å². The van der Waals surface area contributed by atoms with Crippen molar-refractivity contribution in [3.05, 3.63) is 33.6 Å². The maximum absolute atomic E-state index is 3.52. The van der Waals surface area contributed by atoms with Crippen LogP contribution in [0.1, 0.15) is 12.5 Å². The van der Waals surface area contributed by atoms with Crippen molar-refractivity contribution in [2.75, 3.05) is 7.05 Å². The third-order valence-electron chi connectivity index (χ3n) is 2.63. The topological polar surface area (TPSA) is 12.0 Å². The van der Waals surface area contributed by atoms with Crippen LogP contribution in [-0.4, -0.2) is 13.1 Å². The Hall–Kier alpha value is -0.380. The molecule has 0 bridgehead atoms. The highest BCUT2D eigenvalue weighted by molar-refractivity contribution is 9.10. The van der Waals surface area contributed by atoms with E-state index < -0.39 is 0 Å². The summed E-state index contributed by atoms with van der Waals surface area (Å²) in [5.74, 6) is 0. The number of hydrogen-bond donors (Lipinski definition) is 1. The Balaban J connectivity index is 2.39. The highest BCUT2D eigenvalue weighted by Crippen LogP contribution is 2.29. The van der Waals surface area contributed by atoms with Crippen LogP contribution in [0.25, 0.3) is 10.1 Å². The molecule has 80 valence electrons. The average Bonchev–Trinajstić information content (AvgIpc) is 2.61. The van der Waals surface area contributed by atoms with E-state index in [4.69, 9.17) is 0 Å². The highest BCUT2D eigenvalue weighted by Gasteiger charge is 2.07. The van der Waals surface area contributed by atoms with Crippen molar-refractivity contribution in [1.82, 2.24) is 5.32 Å². The first-order valence-electron chi connectivity index (χ1n) is 5.03. The fraction of sp³-hybridized carbons (Fsp3) is 0.333. The lowest BCUT2D eigenvalue weighted by molar-refractivity contribution is 0.611. The molecule has 1 atom stereocenters. The van der Waals surface area contributed by atoms with Crippen LogP contribution >= 0.6 is 27.3 Å². The van der Waals surface area contributed by atoms with Crippen molar-refractivity contribution in [1.29, 1.82) is 0 Å². The summed E-state index contributed by atoms with van der Waals surface area (Å²) in [5, 5.41) is 6.93. The molecule has 0 aliphatic carbocycles. The van der Waals surface area contributed by atoms with Gasteiger partial charge in [0.05, 0.1) is 0 Å². The van der Waals surface area contributed by atoms with Crippen LogP contribution in [0, 0.1) is 0 Å². The molecule has 1 aromatic heterocycles. The van der Waals surface area contributed by atoms with E-state index in [1.807, 2.05) is 18.4 Å². The third kappa shape index (κ3) is 2.41. The Morgan fingerprint density at radius 2 is 2.27 bits per heavy atom. The van der Waals surface area contributed by atoms with Crippen LogP contribution in [0.15, 0.2) is 28.1 Å². The molecule has 2 rings (SSSR count).